The van der Waals surface area contributed by atoms with Gasteiger partial charge in [-0.1, -0.05) is 11.6 Å². The summed E-state index contributed by atoms with van der Waals surface area (Å²) in [5.74, 6) is -0.623. The highest BCUT2D eigenvalue weighted by Crippen LogP contribution is 2.48. The third-order valence-electron chi connectivity index (χ3n) is 7.04. The second-order valence-electron chi connectivity index (χ2n) is 9.48. The van der Waals surface area contributed by atoms with Gasteiger partial charge in [0.1, 0.15) is 5.58 Å². The third kappa shape index (κ3) is 4.07. The Hall–Kier alpha value is -3.98. The van der Waals surface area contributed by atoms with Crippen LogP contribution in [0, 0.1) is 13.8 Å². The molecule has 1 aliphatic rings. The standard InChI is InChI=1S/C28H28ClN3O6/c1-6-31(4)28(35)38-20-11-18-23(24-22(27(34)36-5)15(3)30-25(20)24)17(12-29)13-32(18)26(33)21-10-16-9-14(2)7-8-19(16)37-21/h7-11,17,30H,6,12-13H2,1-5H3. The maximum atomic E-state index is 13.8. The first-order valence-corrected chi connectivity index (χ1v) is 12.8. The van der Waals surface area contributed by atoms with E-state index in [1.165, 1.54) is 12.0 Å². The van der Waals surface area contributed by atoms with E-state index in [9.17, 15) is 14.4 Å². The molecule has 0 bridgehead atoms. The van der Waals surface area contributed by atoms with E-state index in [4.69, 9.17) is 25.5 Å². The van der Waals surface area contributed by atoms with Gasteiger partial charge in [0.05, 0.1) is 23.9 Å². The van der Waals surface area contributed by atoms with Crippen molar-refractivity contribution < 1.29 is 28.3 Å². The molecule has 1 atom stereocenters. The van der Waals surface area contributed by atoms with E-state index in [2.05, 4.69) is 4.98 Å². The van der Waals surface area contributed by atoms with Crippen molar-refractivity contribution in [2.24, 2.45) is 0 Å². The minimum atomic E-state index is -0.571. The number of aryl methyl sites for hydroxylation is 2. The van der Waals surface area contributed by atoms with Crippen molar-refractivity contribution in [3.05, 3.63) is 58.5 Å². The Balaban J connectivity index is 1.71. The number of furan rings is 1. The van der Waals surface area contributed by atoms with Crippen LogP contribution in [-0.2, 0) is 4.74 Å². The normalized spacial score (nSPS) is 14.7. The van der Waals surface area contributed by atoms with Crippen molar-refractivity contribution >= 4 is 57.1 Å². The Labute approximate surface area is 224 Å². The fourth-order valence-corrected chi connectivity index (χ4v) is 5.24. The average molecular weight is 538 g/mol. The van der Waals surface area contributed by atoms with Crippen molar-refractivity contribution in [3.63, 3.8) is 0 Å². The second-order valence-corrected chi connectivity index (χ2v) is 9.78. The van der Waals surface area contributed by atoms with E-state index >= 15 is 0 Å². The second kappa shape index (κ2) is 9.72. The Bertz CT molecular complexity index is 1600. The average Bonchev–Trinajstić information content (AvgIpc) is 3.59. The highest BCUT2D eigenvalue weighted by molar-refractivity contribution is 6.20. The van der Waals surface area contributed by atoms with Crippen LogP contribution in [0.1, 0.15) is 50.6 Å². The summed E-state index contributed by atoms with van der Waals surface area (Å²) in [6.07, 6.45) is -0.571. The van der Waals surface area contributed by atoms with Gasteiger partial charge in [-0.3, -0.25) is 4.79 Å². The molecule has 38 heavy (non-hydrogen) atoms. The van der Waals surface area contributed by atoms with E-state index in [1.54, 1.807) is 31.0 Å². The van der Waals surface area contributed by atoms with Gasteiger partial charge in [0.2, 0.25) is 0 Å². The number of hydrogen-bond acceptors (Lipinski definition) is 6. The first-order valence-electron chi connectivity index (χ1n) is 12.3. The van der Waals surface area contributed by atoms with E-state index in [-0.39, 0.29) is 35.8 Å². The molecule has 4 aromatic rings. The van der Waals surface area contributed by atoms with Crippen LogP contribution in [0.25, 0.3) is 21.9 Å². The van der Waals surface area contributed by atoms with Gasteiger partial charge >= 0.3 is 12.1 Å². The molecule has 1 N–H and O–H groups in total. The van der Waals surface area contributed by atoms with E-state index in [0.29, 0.717) is 45.5 Å². The molecule has 5 rings (SSSR count). The van der Waals surface area contributed by atoms with Gasteiger partial charge in [-0.05, 0) is 44.5 Å². The topological polar surface area (TPSA) is 105 Å². The summed E-state index contributed by atoms with van der Waals surface area (Å²) < 4.78 is 16.7. The molecular formula is C28H28ClN3O6. The SMILES string of the molecule is CCN(C)C(=O)Oc1cc2c(c3c(C(=O)OC)c(C)[nH]c13)C(CCl)CN2C(=O)c1cc2cc(C)ccc2o1. The number of aromatic nitrogens is 1. The van der Waals surface area contributed by atoms with E-state index in [1.807, 2.05) is 32.0 Å². The van der Waals surface area contributed by atoms with Gasteiger partial charge in [0.25, 0.3) is 5.91 Å². The number of aromatic amines is 1. The minimum Gasteiger partial charge on any atom is -0.465 e. The number of halogens is 1. The van der Waals surface area contributed by atoms with Crippen LogP contribution in [0.15, 0.2) is 34.7 Å². The molecule has 0 saturated heterocycles. The molecule has 9 nitrogen and oxygen atoms in total. The number of nitrogens with zero attached hydrogens (tertiary/aromatic N) is 2. The predicted octanol–water partition coefficient (Wildman–Crippen LogP) is 5.75. The van der Waals surface area contributed by atoms with Crippen LogP contribution in [0.5, 0.6) is 5.75 Å². The molecule has 0 fully saturated rings. The van der Waals surface area contributed by atoms with Crippen molar-refractivity contribution in [1.29, 1.82) is 0 Å². The van der Waals surface area contributed by atoms with E-state index in [0.717, 1.165) is 10.9 Å². The lowest BCUT2D eigenvalue weighted by Crippen LogP contribution is -2.30. The number of anilines is 1. The number of rotatable bonds is 5. The lowest BCUT2D eigenvalue weighted by Gasteiger charge is -2.19. The number of nitrogens with one attached hydrogen (secondary N) is 1. The predicted molar refractivity (Wildman–Crippen MR) is 145 cm³/mol. The number of amides is 2. The zero-order chi connectivity index (χ0) is 27.3. The maximum absolute atomic E-state index is 13.8. The zero-order valence-electron chi connectivity index (χ0n) is 21.8. The molecule has 10 heteroatoms. The summed E-state index contributed by atoms with van der Waals surface area (Å²) in [7, 11) is 2.93. The number of hydrogen-bond donors (Lipinski definition) is 1. The quantitative estimate of drug-likeness (QED) is 0.257. The lowest BCUT2D eigenvalue weighted by molar-refractivity contribution is 0.0602. The fourth-order valence-electron chi connectivity index (χ4n) is 4.99. The number of fused-ring (bicyclic) bond motifs is 4. The van der Waals surface area contributed by atoms with Gasteiger partial charge in [-0.2, -0.15) is 0 Å². The summed E-state index contributed by atoms with van der Waals surface area (Å²) >= 11 is 6.41. The van der Waals surface area contributed by atoms with Crippen molar-refractivity contribution in [2.75, 3.05) is 38.0 Å². The van der Waals surface area contributed by atoms with Crippen LogP contribution >= 0.6 is 11.6 Å². The van der Waals surface area contributed by atoms with Gasteiger partial charge < -0.3 is 28.7 Å². The maximum Gasteiger partial charge on any atom is 0.415 e. The number of methoxy groups -OCH3 is 1. The van der Waals surface area contributed by atoms with Crippen molar-refractivity contribution in [3.8, 4) is 5.75 Å². The fraction of sp³-hybridized carbons (Fsp3) is 0.321. The summed E-state index contributed by atoms with van der Waals surface area (Å²) in [5.41, 5.74) is 4.18. The summed E-state index contributed by atoms with van der Waals surface area (Å²) in [6, 6.07) is 9.06. The van der Waals surface area contributed by atoms with Gasteiger partial charge in [-0.25, -0.2) is 9.59 Å². The van der Waals surface area contributed by atoms with E-state index < -0.39 is 12.1 Å². The largest absolute Gasteiger partial charge is 0.465 e. The highest BCUT2D eigenvalue weighted by Gasteiger charge is 2.39. The number of benzene rings is 2. The Morgan fingerprint density at radius 1 is 1.21 bits per heavy atom. The molecule has 2 aromatic heterocycles. The lowest BCUT2D eigenvalue weighted by atomic mass is 9.95. The van der Waals surface area contributed by atoms with Crippen LogP contribution in [0.4, 0.5) is 10.5 Å². The first kappa shape index (κ1) is 25.7. The van der Waals surface area contributed by atoms with Gasteiger partial charge in [-0.15, -0.1) is 11.6 Å². The van der Waals surface area contributed by atoms with Crippen LogP contribution in [-0.4, -0.2) is 61.0 Å². The number of carbonyl (C=O) groups is 3. The molecule has 3 heterocycles. The molecule has 1 aliphatic heterocycles. The number of H-pyrrole nitrogens is 1. The van der Waals surface area contributed by atoms with Crippen LogP contribution in [0.2, 0.25) is 0 Å². The summed E-state index contributed by atoms with van der Waals surface area (Å²) in [6.45, 7) is 6.24. The highest BCUT2D eigenvalue weighted by atomic mass is 35.5. The summed E-state index contributed by atoms with van der Waals surface area (Å²) in [4.78, 5) is 45.6. The minimum absolute atomic E-state index is 0.176. The zero-order valence-corrected chi connectivity index (χ0v) is 22.6. The molecule has 0 radical (unpaired) electrons. The molecule has 1 unspecified atom stereocenters. The molecule has 0 saturated carbocycles. The smallest absolute Gasteiger partial charge is 0.415 e. The van der Waals surface area contributed by atoms with Crippen molar-refractivity contribution in [1.82, 2.24) is 9.88 Å². The Morgan fingerprint density at radius 2 is 1.97 bits per heavy atom. The number of alkyl halides is 1. The van der Waals surface area contributed by atoms with Gasteiger partial charge in [0.15, 0.2) is 11.5 Å². The third-order valence-corrected chi connectivity index (χ3v) is 7.41. The van der Waals surface area contributed by atoms with Crippen molar-refractivity contribution in [2.45, 2.75) is 26.7 Å². The van der Waals surface area contributed by atoms with Crippen LogP contribution < -0.4 is 9.64 Å². The molecule has 198 valence electrons. The Kier molecular flexibility index (Phi) is 6.56. The molecule has 2 amide bonds. The summed E-state index contributed by atoms with van der Waals surface area (Å²) in [5, 5.41) is 1.35. The Morgan fingerprint density at radius 3 is 2.66 bits per heavy atom. The van der Waals surface area contributed by atoms with Crippen LogP contribution in [0.3, 0.4) is 0 Å². The molecule has 2 aromatic carbocycles. The number of ether oxygens (including phenoxy) is 2. The molecule has 0 aliphatic carbocycles. The molecule has 0 spiro atoms. The molecular weight excluding hydrogens is 510 g/mol. The number of carbonyl (C=O) groups excluding carboxylic acids is 3. The monoisotopic (exact) mass is 537 g/mol. The first-order chi connectivity index (χ1) is 18.2. The number of esters is 1. The van der Waals surface area contributed by atoms with Gasteiger partial charge in [0, 0.05) is 54.5 Å².